The fraction of sp³-hybridized carbons (Fsp3) is 0.375. The molecule has 1 fully saturated rings. The molecule has 0 saturated carbocycles. The summed E-state index contributed by atoms with van der Waals surface area (Å²) in [6, 6.07) is 3.37. The molecule has 3 rings (SSSR count). The number of nitrogens with one attached hydrogen (secondary N) is 2. The number of carbonyl (C=O) groups is 1. The minimum absolute atomic E-state index is 0.0182. The van der Waals surface area contributed by atoms with E-state index in [2.05, 4.69) is 10.3 Å². The minimum Gasteiger partial charge on any atom is -0.462 e. The molecule has 6 nitrogen and oxygen atoms in total. The zero-order valence-corrected chi connectivity index (χ0v) is 13.4. The number of benzene rings is 1. The number of rotatable bonds is 3. The maximum atomic E-state index is 12.6. The third kappa shape index (κ3) is 3.10. The van der Waals surface area contributed by atoms with Crippen molar-refractivity contribution in [1.29, 1.82) is 0 Å². The molecule has 2 aromatic rings. The first kappa shape index (κ1) is 16.0. The summed E-state index contributed by atoms with van der Waals surface area (Å²) in [5, 5.41) is 4.14. The van der Waals surface area contributed by atoms with Gasteiger partial charge in [-0.1, -0.05) is 11.6 Å². The lowest BCUT2D eigenvalue weighted by atomic mass is 10.0. The predicted octanol–water partition coefficient (Wildman–Crippen LogP) is 2.02. The molecule has 2 heterocycles. The number of hydrogen-bond acceptors (Lipinski definition) is 5. The number of aromatic nitrogens is 1. The molecule has 7 heteroatoms. The van der Waals surface area contributed by atoms with Crippen LogP contribution in [-0.2, 0) is 9.47 Å². The Labute approximate surface area is 137 Å². The van der Waals surface area contributed by atoms with Gasteiger partial charge in [0.05, 0.1) is 24.8 Å². The van der Waals surface area contributed by atoms with E-state index in [-0.39, 0.29) is 23.7 Å². The van der Waals surface area contributed by atoms with Crippen molar-refractivity contribution in [3.63, 3.8) is 0 Å². The van der Waals surface area contributed by atoms with Crippen molar-refractivity contribution in [3.8, 4) is 0 Å². The number of aromatic amines is 1. The van der Waals surface area contributed by atoms with E-state index in [1.165, 1.54) is 6.20 Å². The summed E-state index contributed by atoms with van der Waals surface area (Å²) in [6.07, 6.45) is 1.14. The zero-order chi connectivity index (χ0) is 16.4. The molecule has 0 amide bonds. The maximum absolute atomic E-state index is 12.6. The Kier molecular flexibility index (Phi) is 4.66. The summed E-state index contributed by atoms with van der Waals surface area (Å²) in [5.41, 5.74) is 0.910. The quantitative estimate of drug-likeness (QED) is 0.838. The molecule has 122 valence electrons. The second-order valence-corrected chi connectivity index (χ2v) is 5.64. The summed E-state index contributed by atoms with van der Waals surface area (Å²) in [7, 11) is 0. The van der Waals surface area contributed by atoms with Crippen LogP contribution < -0.4 is 10.7 Å². The first-order valence-corrected chi connectivity index (χ1v) is 7.84. The highest BCUT2D eigenvalue weighted by molar-refractivity contribution is 6.32. The Morgan fingerprint density at radius 1 is 1.48 bits per heavy atom. The van der Waals surface area contributed by atoms with Crippen LogP contribution in [0.5, 0.6) is 0 Å². The van der Waals surface area contributed by atoms with Gasteiger partial charge in [0.2, 0.25) is 5.43 Å². The SMILES string of the molecule is CCOC(=O)c1c[nH]c2cc(Cl)c(C3CNCCO3)cc2c1=O. The molecule has 1 aliphatic heterocycles. The number of hydrogen-bond donors (Lipinski definition) is 2. The van der Waals surface area contributed by atoms with E-state index in [1.807, 2.05) is 0 Å². The Morgan fingerprint density at radius 3 is 3.00 bits per heavy atom. The van der Waals surface area contributed by atoms with Gasteiger partial charge in [0.1, 0.15) is 5.56 Å². The average molecular weight is 337 g/mol. The molecule has 0 spiro atoms. The largest absolute Gasteiger partial charge is 0.462 e. The van der Waals surface area contributed by atoms with Gasteiger partial charge in [-0.2, -0.15) is 0 Å². The molecule has 2 N–H and O–H groups in total. The van der Waals surface area contributed by atoms with Gasteiger partial charge >= 0.3 is 5.97 Å². The predicted molar refractivity (Wildman–Crippen MR) is 87.1 cm³/mol. The van der Waals surface area contributed by atoms with Crippen LogP contribution in [0, 0.1) is 0 Å². The molecule has 0 aliphatic carbocycles. The highest BCUT2D eigenvalue weighted by Crippen LogP contribution is 2.29. The smallest absolute Gasteiger partial charge is 0.343 e. The third-order valence-electron chi connectivity index (χ3n) is 3.77. The number of carbonyl (C=O) groups excluding carboxylic acids is 1. The topological polar surface area (TPSA) is 80.4 Å². The van der Waals surface area contributed by atoms with Gasteiger partial charge in [-0.3, -0.25) is 4.79 Å². The van der Waals surface area contributed by atoms with Gasteiger partial charge in [0, 0.05) is 35.3 Å². The van der Waals surface area contributed by atoms with Crippen molar-refractivity contribution in [2.75, 3.05) is 26.3 Å². The van der Waals surface area contributed by atoms with Crippen molar-refractivity contribution in [3.05, 3.63) is 44.7 Å². The number of pyridine rings is 1. The van der Waals surface area contributed by atoms with Gasteiger partial charge in [-0.05, 0) is 19.1 Å². The number of fused-ring (bicyclic) bond motifs is 1. The van der Waals surface area contributed by atoms with Crippen molar-refractivity contribution < 1.29 is 14.3 Å². The molecule has 0 radical (unpaired) electrons. The first-order chi connectivity index (χ1) is 11.1. The standard InChI is InChI=1S/C16H17ClN2O4/c1-2-22-16(21)11-7-19-13-6-12(17)9(5-10(13)15(11)20)14-8-18-3-4-23-14/h5-7,14,18H,2-4,8H2,1H3,(H,19,20). The molecule has 1 saturated heterocycles. The van der Waals surface area contributed by atoms with Crippen molar-refractivity contribution in [2.45, 2.75) is 13.0 Å². The first-order valence-electron chi connectivity index (χ1n) is 7.46. The van der Waals surface area contributed by atoms with Crippen LogP contribution in [0.1, 0.15) is 28.9 Å². The van der Waals surface area contributed by atoms with E-state index in [1.54, 1.807) is 19.1 Å². The van der Waals surface area contributed by atoms with E-state index >= 15 is 0 Å². The molecular formula is C16H17ClN2O4. The fourth-order valence-electron chi connectivity index (χ4n) is 2.63. The maximum Gasteiger partial charge on any atom is 0.343 e. The van der Waals surface area contributed by atoms with Gasteiger partial charge in [-0.25, -0.2) is 4.79 Å². The summed E-state index contributed by atoms with van der Waals surface area (Å²) in [4.78, 5) is 27.4. The fourth-order valence-corrected chi connectivity index (χ4v) is 2.92. The molecule has 1 atom stereocenters. The lowest BCUT2D eigenvalue weighted by Gasteiger charge is -2.25. The highest BCUT2D eigenvalue weighted by Gasteiger charge is 2.21. The highest BCUT2D eigenvalue weighted by atomic mass is 35.5. The summed E-state index contributed by atoms with van der Waals surface area (Å²) < 4.78 is 10.6. The molecule has 1 unspecified atom stereocenters. The average Bonchev–Trinajstić information content (AvgIpc) is 2.55. The lowest BCUT2D eigenvalue weighted by molar-refractivity contribution is 0.0278. The van der Waals surface area contributed by atoms with E-state index < -0.39 is 5.97 Å². The molecular weight excluding hydrogens is 320 g/mol. The van der Waals surface area contributed by atoms with E-state index in [0.717, 1.165) is 12.1 Å². The van der Waals surface area contributed by atoms with E-state index in [9.17, 15) is 9.59 Å². The van der Waals surface area contributed by atoms with Crippen LogP contribution in [0.15, 0.2) is 23.1 Å². The summed E-state index contributed by atoms with van der Waals surface area (Å²) in [5.74, 6) is -0.636. The third-order valence-corrected chi connectivity index (χ3v) is 4.10. The molecule has 1 aromatic carbocycles. The molecule has 1 aliphatic rings. The minimum atomic E-state index is -0.636. The van der Waals surface area contributed by atoms with Crippen LogP contribution >= 0.6 is 11.6 Å². The van der Waals surface area contributed by atoms with Crippen molar-refractivity contribution >= 4 is 28.5 Å². The van der Waals surface area contributed by atoms with Gasteiger partial charge in [0.25, 0.3) is 0 Å². The monoisotopic (exact) mass is 336 g/mol. The summed E-state index contributed by atoms with van der Waals surface area (Å²) in [6.45, 7) is 3.90. The number of halogens is 1. The van der Waals surface area contributed by atoms with Crippen LogP contribution in [0.4, 0.5) is 0 Å². The van der Waals surface area contributed by atoms with Crippen LogP contribution in [0.3, 0.4) is 0 Å². The second-order valence-electron chi connectivity index (χ2n) is 5.23. The Morgan fingerprint density at radius 2 is 2.30 bits per heavy atom. The Balaban J connectivity index is 2.10. The zero-order valence-electron chi connectivity index (χ0n) is 12.6. The van der Waals surface area contributed by atoms with Crippen LogP contribution in [0.2, 0.25) is 5.02 Å². The van der Waals surface area contributed by atoms with Crippen molar-refractivity contribution in [2.24, 2.45) is 0 Å². The Hall–Kier alpha value is -1.89. The van der Waals surface area contributed by atoms with E-state index in [0.29, 0.717) is 29.1 Å². The number of ether oxygens (including phenoxy) is 2. The second kappa shape index (κ2) is 6.70. The summed E-state index contributed by atoms with van der Waals surface area (Å²) >= 11 is 6.32. The van der Waals surface area contributed by atoms with Crippen LogP contribution in [-0.4, -0.2) is 37.3 Å². The van der Waals surface area contributed by atoms with Gasteiger partial charge in [0.15, 0.2) is 0 Å². The van der Waals surface area contributed by atoms with Crippen molar-refractivity contribution in [1.82, 2.24) is 10.3 Å². The molecule has 1 aromatic heterocycles. The number of morpholine rings is 1. The van der Waals surface area contributed by atoms with E-state index in [4.69, 9.17) is 21.1 Å². The molecule has 0 bridgehead atoms. The Bertz CT molecular complexity index is 797. The van der Waals surface area contributed by atoms with Gasteiger partial charge in [-0.15, -0.1) is 0 Å². The normalized spacial score (nSPS) is 18.1. The molecule has 23 heavy (non-hydrogen) atoms. The van der Waals surface area contributed by atoms with Gasteiger partial charge < -0.3 is 19.8 Å². The number of esters is 1. The lowest BCUT2D eigenvalue weighted by Crippen LogP contribution is -2.33. The van der Waals surface area contributed by atoms with Crippen LogP contribution in [0.25, 0.3) is 10.9 Å². The number of H-pyrrole nitrogens is 1.